The molecule has 2 aromatic rings. The van der Waals surface area contributed by atoms with E-state index in [9.17, 15) is 13.2 Å². The Morgan fingerprint density at radius 1 is 1.30 bits per heavy atom. The van der Waals surface area contributed by atoms with Crippen LogP contribution < -0.4 is 5.32 Å². The number of aromatic nitrogens is 3. The molecule has 0 bridgehead atoms. The zero-order valence-electron chi connectivity index (χ0n) is 11.7. The number of ether oxygens (including phenoxy) is 1. The van der Waals surface area contributed by atoms with Crippen LogP contribution in [0.2, 0.25) is 0 Å². The van der Waals surface area contributed by atoms with Crippen LogP contribution in [0.25, 0.3) is 0 Å². The number of nitrogens with one attached hydrogen (secondary N) is 1. The van der Waals surface area contributed by atoms with Crippen molar-refractivity contribution in [2.45, 2.75) is 17.2 Å². The molecule has 3 rings (SSSR count). The summed E-state index contributed by atoms with van der Waals surface area (Å²) in [4.78, 5) is 3.95. The molecule has 0 radical (unpaired) electrons. The third-order valence-electron chi connectivity index (χ3n) is 3.30. The van der Waals surface area contributed by atoms with Gasteiger partial charge in [0.15, 0.2) is 0 Å². The van der Waals surface area contributed by atoms with Gasteiger partial charge in [0.25, 0.3) is 0 Å². The van der Waals surface area contributed by atoms with Crippen molar-refractivity contribution < 1.29 is 22.3 Å². The number of methoxy groups -OCH3 is 1. The van der Waals surface area contributed by atoms with Crippen molar-refractivity contribution in [1.82, 2.24) is 15.2 Å². The molecule has 0 fully saturated rings. The van der Waals surface area contributed by atoms with Gasteiger partial charge in [-0.3, -0.25) is 4.98 Å². The second kappa shape index (κ2) is 5.85. The number of anilines is 1. The second-order valence-electron chi connectivity index (χ2n) is 4.62. The number of alkyl halides is 3. The minimum atomic E-state index is -4.64. The first kappa shape index (κ1) is 15.8. The van der Waals surface area contributed by atoms with Crippen LogP contribution in [0.3, 0.4) is 0 Å². The van der Waals surface area contributed by atoms with E-state index < -0.39 is 23.2 Å². The van der Waals surface area contributed by atoms with E-state index in [1.807, 2.05) is 0 Å². The molecule has 2 unspecified atom stereocenters. The molecule has 0 aromatic carbocycles. The fraction of sp³-hybridized carbons (Fsp3) is 0.308. The van der Waals surface area contributed by atoms with Gasteiger partial charge in [0.2, 0.25) is 5.89 Å². The number of rotatable bonds is 4. The largest absolute Gasteiger partial charge is 0.485 e. The van der Waals surface area contributed by atoms with Gasteiger partial charge in [-0.25, -0.2) is 5.32 Å². The molecule has 1 aliphatic heterocycles. The second-order valence-corrected chi connectivity index (χ2v) is 5.64. The number of nitrogens with zero attached hydrogens (tertiary/aromatic N) is 3. The lowest BCUT2D eigenvalue weighted by Crippen LogP contribution is -2.30. The smallest absolute Gasteiger partial charge is 0.407 e. The number of pyridine rings is 1. The highest BCUT2D eigenvalue weighted by atomic mass is 32.2. The van der Waals surface area contributed by atoms with E-state index in [4.69, 9.17) is 9.15 Å². The number of hydrogen-bond donors (Lipinski definition) is 1. The molecule has 0 amide bonds. The minimum absolute atomic E-state index is 0.0328. The highest BCUT2D eigenvalue weighted by Crippen LogP contribution is 2.52. The summed E-state index contributed by atoms with van der Waals surface area (Å²) in [5.41, 5.74) is -0.139. The van der Waals surface area contributed by atoms with Crippen molar-refractivity contribution in [2.75, 3.05) is 12.4 Å². The number of hydrogen-bond acceptors (Lipinski definition) is 7. The average Bonchev–Trinajstić information content (AvgIpc) is 3.13. The number of halogens is 3. The Balaban J connectivity index is 1.93. The van der Waals surface area contributed by atoms with Crippen LogP contribution in [0, 0.1) is 0 Å². The fourth-order valence-electron chi connectivity index (χ4n) is 2.31. The van der Waals surface area contributed by atoms with Gasteiger partial charge >= 0.3 is 12.3 Å². The molecule has 0 aliphatic carbocycles. The first-order valence-corrected chi connectivity index (χ1v) is 7.36. The summed E-state index contributed by atoms with van der Waals surface area (Å²) in [6.45, 7) is 0. The van der Waals surface area contributed by atoms with Crippen molar-refractivity contribution in [3.63, 3.8) is 0 Å². The predicted octanol–water partition coefficient (Wildman–Crippen LogP) is 3.24. The Hall–Kier alpha value is -2.07. The molecule has 0 saturated carbocycles. The molecule has 23 heavy (non-hydrogen) atoms. The molecule has 10 heteroatoms. The Bertz CT molecular complexity index is 707. The molecular formula is C13H11F3N4O2S. The summed E-state index contributed by atoms with van der Waals surface area (Å²) in [6.07, 6.45) is 0.371. The van der Waals surface area contributed by atoms with E-state index in [1.54, 1.807) is 36.0 Å². The third-order valence-corrected chi connectivity index (χ3v) is 4.42. The van der Waals surface area contributed by atoms with Crippen LogP contribution in [0.1, 0.15) is 16.7 Å². The van der Waals surface area contributed by atoms with E-state index in [0.29, 0.717) is 0 Å². The van der Waals surface area contributed by atoms with E-state index in [2.05, 4.69) is 15.2 Å². The Kier molecular flexibility index (Phi) is 4.02. The monoisotopic (exact) mass is 344 g/mol. The van der Waals surface area contributed by atoms with Gasteiger partial charge in [-0.15, -0.1) is 16.9 Å². The summed E-state index contributed by atoms with van der Waals surface area (Å²) >= 11 is 1.32. The maximum atomic E-state index is 12.3. The van der Waals surface area contributed by atoms with Gasteiger partial charge in [-0.1, -0.05) is 5.10 Å². The van der Waals surface area contributed by atoms with Crippen LogP contribution in [-0.4, -0.2) is 28.6 Å². The van der Waals surface area contributed by atoms with E-state index in [-0.39, 0.29) is 5.89 Å². The lowest BCUT2D eigenvalue weighted by atomic mass is 9.90. The normalized spacial score (nSPS) is 24.1. The quantitative estimate of drug-likeness (QED) is 0.854. The molecule has 0 spiro atoms. The van der Waals surface area contributed by atoms with Crippen molar-refractivity contribution in [2.24, 2.45) is 0 Å². The summed E-state index contributed by atoms with van der Waals surface area (Å²) in [7, 11) is 1.51. The third kappa shape index (κ3) is 3.04. The molecule has 6 nitrogen and oxygen atoms in total. The van der Waals surface area contributed by atoms with Gasteiger partial charge in [-0.05, 0) is 29.2 Å². The fourth-order valence-corrected chi connectivity index (χ4v) is 3.48. The lowest BCUT2D eigenvalue weighted by Gasteiger charge is -2.30. The van der Waals surface area contributed by atoms with Crippen LogP contribution in [0.5, 0.6) is 0 Å². The van der Waals surface area contributed by atoms with Crippen molar-refractivity contribution >= 4 is 17.8 Å². The van der Waals surface area contributed by atoms with Crippen LogP contribution in [0.4, 0.5) is 19.2 Å². The van der Waals surface area contributed by atoms with Crippen LogP contribution >= 0.6 is 11.8 Å². The van der Waals surface area contributed by atoms with Crippen molar-refractivity contribution in [1.29, 1.82) is 0 Å². The lowest BCUT2D eigenvalue weighted by molar-refractivity contribution is -0.102. The molecule has 1 N–H and O–H groups in total. The van der Waals surface area contributed by atoms with Gasteiger partial charge < -0.3 is 9.15 Å². The molecule has 2 aromatic heterocycles. The van der Waals surface area contributed by atoms with Crippen molar-refractivity contribution in [3.05, 3.63) is 47.5 Å². The SMILES string of the molecule is COC1(c2ccncc2)C=CSC1c1nnc(NC(F)(F)F)o1. The Morgan fingerprint density at radius 3 is 2.70 bits per heavy atom. The molecule has 122 valence electrons. The first-order chi connectivity index (χ1) is 10.9. The van der Waals surface area contributed by atoms with E-state index in [0.717, 1.165) is 5.56 Å². The predicted molar refractivity (Wildman–Crippen MR) is 76.4 cm³/mol. The van der Waals surface area contributed by atoms with Crippen LogP contribution in [0.15, 0.2) is 40.4 Å². The molecule has 2 atom stereocenters. The molecule has 0 saturated heterocycles. The number of thioether (sulfide) groups is 1. The topological polar surface area (TPSA) is 73.1 Å². The summed E-state index contributed by atoms with van der Waals surface area (Å²) in [5.74, 6) is 0.0328. The van der Waals surface area contributed by atoms with Gasteiger partial charge in [0.1, 0.15) is 10.9 Å². The van der Waals surface area contributed by atoms with E-state index >= 15 is 0 Å². The molecule has 3 heterocycles. The molecule has 1 aliphatic rings. The standard InChI is InChI=1S/C13H11F3N4O2S/c1-21-12(8-2-5-17-6-3-8)4-7-23-9(12)10-19-20-11(22-10)18-13(14,15)16/h2-7,9H,1H3,(H,18,20). The van der Waals surface area contributed by atoms with Crippen LogP contribution in [-0.2, 0) is 10.3 Å². The van der Waals surface area contributed by atoms with Gasteiger partial charge in [-0.2, -0.15) is 13.2 Å². The highest BCUT2D eigenvalue weighted by Gasteiger charge is 2.46. The maximum absolute atomic E-state index is 12.3. The zero-order chi connectivity index (χ0) is 16.5. The zero-order valence-corrected chi connectivity index (χ0v) is 12.6. The van der Waals surface area contributed by atoms with Gasteiger partial charge in [0, 0.05) is 19.5 Å². The van der Waals surface area contributed by atoms with E-state index in [1.165, 1.54) is 24.2 Å². The minimum Gasteiger partial charge on any atom is -0.407 e. The summed E-state index contributed by atoms with van der Waals surface area (Å²) in [5, 5.41) is 9.57. The Morgan fingerprint density at radius 2 is 2.04 bits per heavy atom. The summed E-state index contributed by atoms with van der Waals surface area (Å²) in [6, 6.07) is 2.82. The molecular weight excluding hydrogens is 333 g/mol. The highest BCUT2D eigenvalue weighted by molar-refractivity contribution is 8.02. The Labute approximate surface area is 133 Å². The van der Waals surface area contributed by atoms with Gasteiger partial charge in [0.05, 0.1) is 0 Å². The van der Waals surface area contributed by atoms with Crippen molar-refractivity contribution in [3.8, 4) is 0 Å². The maximum Gasteiger partial charge on any atom is 0.485 e. The first-order valence-electron chi connectivity index (χ1n) is 6.42. The average molecular weight is 344 g/mol. The summed E-state index contributed by atoms with van der Waals surface area (Å²) < 4.78 is 47.7.